The standard InChI is InChI=1S/C24H23ClN2O.C17H18N2O2.C6H6ClN/c25-18-3-1-16(2-4-18)13-23(28)21-14-24(21)9-5-17(6-10-24)19-7-12-27-22-8-11-26-15-20(19)22;20-16(21)14-9-17(14)5-1-11(2-6-17)12-3-8-19-15-4-7-18-10-13(12)15;7-5-1-3-6(8)4-2-5/h1-4,7-8,11-12,15,17,21H,5-6,9-10,13-14H2;3-4,7-8,10-11,14H,1-2,5-6,9H2,(H,20,21);1-4H,8H2/t17?,21-,24?;;/m1../s1. The van der Waals surface area contributed by atoms with Gasteiger partial charge in [0, 0.05) is 76.0 Å². The molecule has 4 saturated carbocycles. The van der Waals surface area contributed by atoms with Crippen molar-refractivity contribution in [3.05, 3.63) is 137 Å². The molecule has 4 aromatic heterocycles. The van der Waals surface area contributed by atoms with Crippen molar-refractivity contribution in [1.29, 1.82) is 0 Å². The second kappa shape index (κ2) is 16.5. The first-order valence-electron chi connectivity index (χ1n) is 20.0. The summed E-state index contributed by atoms with van der Waals surface area (Å²) in [6.07, 6.45) is 22.6. The number of carbonyl (C=O) groups excluding carboxylic acids is 1. The molecule has 0 bridgehead atoms. The molecule has 4 fully saturated rings. The van der Waals surface area contributed by atoms with Crippen LogP contribution in [0.1, 0.15) is 92.7 Å². The van der Waals surface area contributed by atoms with Gasteiger partial charge in [0.15, 0.2) is 0 Å². The molecule has 2 aromatic carbocycles. The molecular formula is C47H47Cl2N5O3. The van der Waals surface area contributed by atoms with Gasteiger partial charge in [0.05, 0.1) is 17.0 Å². The topological polar surface area (TPSA) is 132 Å². The van der Waals surface area contributed by atoms with E-state index < -0.39 is 5.97 Å². The molecule has 10 heteroatoms. The van der Waals surface area contributed by atoms with Gasteiger partial charge in [-0.2, -0.15) is 0 Å². The Labute approximate surface area is 343 Å². The molecule has 292 valence electrons. The second-order valence-electron chi connectivity index (χ2n) is 16.5. The van der Waals surface area contributed by atoms with Gasteiger partial charge in [0.25, 0.3) is 0 Å². The van der Waals surface area contributed by atoms with Crippen molar-refractivity contribution in [2.24, 2.45) is 22.7 Å². The fourth-order valence-electron chi connectivity index (χ4n) is 9.73. The van der Waals surface area contributed by atoms with Gasteiger partial charge in [-0.3, -0.25) is 29.5 Å². The van der Waals surface area contributed by atoms with Crippen LogP contribution in [0.15, 0.2) is 110 Å². The lowest BCUT2D eigenvalue weighted by Crippen LogP contribution is -2.20. The molecule has 57 heavy (non-hydrogen) atoms. The molecule has 4 aliphatic carbocycles. The number of aromatic nitrogens is 4. The molecule has 3 N–H and O–H groups in total. The molecule has 10 rings (SSSR count). The third-order valence-electron chi connectivity index (χ3n) is 13.2. The molecule has 4 aliphatic rings. The van der Waals surface area contributed by atoms with Crippen LogP contribution in [0.4, 0.5) is 5.69 Å². The minimum Gasteiger partial charge on any atom is -0.481 e. The fourth-order valence-corrected chi connectivity index (χ4v) is 9.99. The third kappa shape index (κ3) is 8.68. The largest absolute Gasteiger partial charge is 0.481 e. The number of pyridine rings is 4. The van der Waals surface area contributed by atoms with E-state index in [1.807, 2.05) is 61.2 Å². The number of Topliss-reactive ketones (excluding diaryl/α,β-unsaturated/α-hetero) is 1. The smallest absolute Gasteiger partial charge is 0.307 e. The number of hydrogen-bond donors (Lipinski definition) is 2. The van der Waals surface area contributed by atoms with E-state index in [0.717, 1.165) is 102 Å². The van der Waals surface area contributed by atoms with Gasteiger partial charge in [-0.1, -0.05) is 35.3 Å². The minimum absolute atomic E-state index is 0.0886. The van der Waals surface area contributed by atoms with Gasteiger partial charge in [-0.25, -0.2) is 0 Å². The number of aliphatic carboxylic acids is 1. The Bertz CT molecular complexity index is 2340. The van der Waals surface area contributed by atoms with Gasteiger partial charge < -0.3 is 10.8 Å². The highest BCUT2D eigenvalue weighted by Crippen LogP contribution is 2.64. The lowest BCUT2D eigenvalue weighted by molar-refractivity contribution is -0.139. The average Bonchev–Trinajstić information content (AvgIpc) is 4.15. The number of nitrogens with zero attached hydrogens (tertiary/aromatic N) is 4. The maximum atomic E-state index is 12.8. The Morgan fingerprint density at radius 1 is 0.632 bits per heavy atom. The number of fused-ring (bicyclic) bond motifs is 2. The first-order valence-corrected chi connectivity index (χ1v) is 20.8. The number of carbonyl (C=O) groups is 2. The lowest BCUT2D eigenvalue weighted by Gasteiger charge is -2.30. The summed E-state index contributed by atoms with van der Waals surface area (Å²) in [5, 5.41) is 12.9. The van der Waals surface area contributed by atoms with E-state index in [4.69, 9.17) is 28.9 Å². The zero-order valence-electron chi connectivity index (χ0n) is 31.9. The zero-order valence-corrected chi connectivity index (χ0v) is 33.4. The van der Waals surface area contributed by atoms with Crippen LogP contribution in [-0.4, -0.2) is 36.8 Å². The van der Waals surface area contributed by atoms with E-state index >= 15 is 0 Å². The van der Waals surface area contributed by atoms with E-state index in [0.29, 0.717) is 24.0 Å². The number of hydrogen-bond acceptors (Lipinski definition) is 7. The molecule has 0 aliphatic heterocycles. The van der Waals surface area contributed by atoms with Gasteiger partial charge >= 0.3 is 5.97 Å². The number of nitrogens with two attached hydrogens (primary N) is 1. The highest BCUT2D eigenvalue weighted by Gasteiger charge is 2.59. The molecule has 2 spiro atoms. The molecule has 8 nitrogen and oxygen atoms in total. The quantitative estimate of drug-likeness (QED) is 0.159. The number of rotatable bonds is 6. The van der Waals surface area contributed by atoms with Crippen molar-refractivity contribution < 1.29 is 14.7 Å². The summed E-state index contributed by atoms with van der Waals surface area (Å²) in [6, 6.07) is 22.9. The Morgan fingerprint density at radius 2 is 1.09 bits per heavy atom. The molecule has 4 heterocycles. The van der Waals surface area contributed by atoms with Crippen LogP contribution >= 0.6 is 23.2 Å². The summed E-state index contributed by atoms with van der Waals surface area (Å²) in [6.45, 7) is 0. The Hall–Kier alpha value is -4.92. The van der Waals surface area contributed by atoms with Crippen molar-refractivity contribution in [2.45, 2.75) is 82.5 Å². The van der Waals surface area contributed by atoms with Crippen LogP contribution in [-0.2, 0) is 16.0 Å². The molecule has 0 saturated heterocycles. The number of anilines is 1. The molecule has 0 radical (unpaired) electrons. The highest BCUT2D eigenvalue weighted by molar-refractivity contribution is 6.30. The van der Waals surface area contributed by atoms with Crippen molar-refractivity contribution >= 4 is 62.4 Å². The fraction of sp³-hybridized carbons (Fsp3) is 0.362. The van der Waals surface area contributed by atoms with Crippen LogP contribution < -0.4 is 5.73 Å². The molecular weight excluding hydrogens is 753 g/mol. The normalized spacial score (nSPS) is 25.9. The van der Waals surface area contributed by atoms with Gasteiger partial charge in [-0.05, 0) is 164 Å². The van der Waals surface area contributed by atoms with Crippen LogP contribution in [0, 0.1) is 22.7 Å². The zero-order chi connectivity index (χ0) is 39.6. The Kier molecular flexibility index (Phi) is 11.3. The van der Waals surface area contributed by atoms with Gasteiger partial charge in [0.1, 0.15) is 5.78 Å². The number of benzene rings is 2. The van der Waals surface area contributed by atoms with E-state index in [-0.39, 0.29) is 22.7 Å². The average molecular weight is 801 g/mol. The number of carboxylic acid groups (broad SMARTS) is 1. The van der Waals surface area contributed by atoms with Crippen LogP contribution in [0.5, 0.6) is 0 Å². The SMILES string of the molecule is Nc1ccc(Cl)cc1.O=C(Cc1ccc(Cl)cc1)[C@H]1CC12CCC(c1ccnc3ccncc13)CC2.O=C(O)C1CC12CCC(c1ccnc3ccncc13)CC2. The molecule has 1 unspecified atom stereocenters. The van der Waals surface area contributed by atoms with Crippen LogP contribution in [0.3, 0.4) is 0 Å². The summed E-state index contributed by atoms with van der Waals surface area (Å²) in [5.41, 5.74) is 12.3. The predicted octanol–water partition coefficient (Wildman–Crippen LogP) is 11.1. The number of ketones is 1. The van der Waals surface area contributed by atoms with Crippen molar-refractivity contribution in [2.75, 3.05) is 5.73 Å². The molecule has 2 atom stereocenters. The summed E-state index contributed by atoms with van der Waals surface area (Å²) < 4.78 is 0. The highest BCUT2D eigenvalue weighted by atomic mass is 35.5. The third-order valence-corrected chi connectivity index (χ3v) is 13.7. The maximum absolute atomic E-state index is 12.8. The number of halogens is 2. The lowest BCUT2D eigenvalue weighted by atomic mass is 9.75. The monoisotopic (exact) mass is 799 g/mol. The van der Waals surface area contributed by atoms with Crippen molar-refractivity contribution in [3.63, 3.8) is 0 Å². The minimum atomic E-state index is -0.605. The summed E-state index contributed by atoms with van der Waals surface area (Å²) in [7, 11) is 0. The van der Waals surface area contributed by atoms with Crippen LogP contribution in [0.2, 0.25) is 10.0 Å². The second-order valence-corrected chi connectivity index (χ2v) is 17.4. The van der Waals surface area contributed by atoms with Crippen molar-refractivity contribution in [1.82, 2.24) is 19.9 Å². The van der Waals surface area contributed by atoms with E-state index in [9.17, 15) is 14.7 Å². The summed E-state index contributed by atoms with van der Waals surface area (Å²) in [5.74, 6) is 1.02. The Balaban J connectivity index is 0.000000137. The molecule has 6 aromatic rings. The number of nitrogen functional groups attached to an aromatic ring is 1. The number of carboxylic acids is 1. The van der Waals surface area contributed by atoms with E-state index in [1.165, 1.54) is 16.5 Å². The first kappa shape index (κ1) is 38.9. The van der Waals surface area contributed by atoms with Crippen molar-refractivity contribution in [3.8, 4) is 0 Å². The molecule has 0 amide bonds. The van der Waals surface area contributed by atoms with Gasteiger partial charge in [0.2, 0.25) is 0 Å². The summed E-state index contributed by atoms with van der Waals surface area (Å²) >= 11 is 11.5. The van der Waals surface area contributed by atoms with Crippen LogP contribution in [0.25, 0.3) is 21.8 Å². The maximum Gasteiger partial charge on any atom is 0.307 e. The van der Waals surface area contributed by atoms with Gasteiger partial charge in [-0.15, -0.1) is 0 Å². The van der Waals surface area contributed by atoms with E-state index in [2.05, 4.69) is 32.1 Å². The summed E-state index contributed by atoms with van der Waals surface area (Å²) in [4.78, 5) is 41.3. The van der Waals surface area contributed by atoms with E-state index in [1.54, 1.807) is 36.7 Å². The first-order chi connectivity index (χ1) is 27.6. The predicted molar refractivity (Wildman–Crippen MR) is 226 cm³/mol. The Morgan fingerprint density at radius 3 is 1.54 bits per heavy atom.